The van der Waals surface area contributed by atoms with Crippen molar-refractivity contribution in [3.8, 4) is 0 Å². The van der Waals surface area contributed by atoms with Crippen molar-refractivity contribution in [2.24, 2.45) is 0 Å². The predicted molar refractivity (Wildman–Crippen MR) is 110 cm³/mol. The number of hydrogen-bond donors (Lipinski definition) is 2. The van der Waals surface area contributed by atoms with Crippen molar-refractivity contribution in [3.05, 3.63) is 58.6 Å². The zero-order valence-electron chi connectivity index (χ0n) is 15.4. The second-order valence-electron chi connectivity index (χ2n) is 6.78. The molecule has 3 rings (SSSR count). The second-order valence-corrected chi connectivity index (χ2v) is 7.22. The molecule has 142 valence electrons. The molecule has 0 aromatic heterocycles. The first-order valence-corrected chi connectivity index (χ1v) is 9.60. The van der Waals surface area contributed by atoms with E-state index in [2.05, 4.69) is 15.5 Å². The number of aryl methyl sites for hydroxylation is 1. The smallest absolute Gasteiger partial charge is 0.251 e. The predicted octanol–water partition coefficient (Wildman–Crippen LogP) is 4.01. The highest BCUT2D eigenvalue weighted by Crippen LogP contribution is 2.31. The van der Waals surface area contributed by atoms with Crippen LogP contribution in [0.2, 0.25) is 5.02 Å². The van der Waals surface area contributed by atoms with E-state index >= 15 is 0 Å². The highest BCUT2D eigenvalue weighted by Gasteiger charge is 2.17. The Labute approximate surface area is 164 Å². The Morgan fingerprint density at radius 2 is 1.89 bits per heavy atom. The van der Waals surface area contributed by atoms with Gasteiger partial charge in [-0.1, -0.05) is 29.3 Å². The number of amides is 2. The minimum atomic E-state index is -0.174. The number of carbonyl (C=O) groups is 2. The molecule has 0 atom stereocenters. The largest absolute Gasteiger partial charge is 0.370 e. The molecule has 5 nitrogen and oxygen atoms in total. The van der Waals surface area contributed by atoms with Crippen molar-refractivity contribution in [3.63, 3.8) is 0 Å². The average Bonchev–Trinajstić information content (AvgIpc) is 3.16. The first-order valence-electron chi connectivity index (χ1n) is 9.22. The molecule has 1 aliphatic rings. The summed E-state index contributed by atoms with van der Waals surface area (Å²) in [4.78, 5) is 26.7. The lowest BCUT2D eigenvalue weighted by Gasteiger charge is -2.22. The van der Waals surface area contributed by atoms with Gasteiger partial charge in [0.25, 0.3) is 5.91 Å². The SMILES string of the molecule is Cc1cccc(C(=O)NCCC(=O)Nc2cc(Cl)ccc2N2CCCC2)c1. The summed E-state index contributed by atoms with van der Waals surface area (Å²) in [5.74, 6) is -0.325. The van der Waals surface area contributed by atoms with Crippen molar-refractivity contribution in [2.45, 2.75) is 26.2 Å². The Hall–Kier alpha value is -2.53. The van der Waals surface area contributed by atoms with Crippen LogP contribution in [0.25, 0.3) is 0 Å². The quantitative estimate of drug-likeness (QED) is 0.789. The average molecular weight is 386 g/mol. The molecule has 2 aromatic rings. The highest BCUT2D eigenvalue weighted by molar-refractivity contribution is 6.31. The first kappa shape index (κ1) is 19.2. The highest BCUT2D eigenvalue weighted by atomic mass is 35.5. The van der Waals surface area contributed by atoms with E-state index in [1.165, 1.54) is 0 Å². The summed E-state index contributed by atoms with van der Waals surface area (Å²) >= 11 is 6.11. The molecule has 2 aromatic carbocycles. The number of hydrogen-bond acceptors (Lipinski definition) is 3. The van der Waals surface area contributed by atoms with Gasteiger partial charge in [0.15, 0.2) is 0 Å². The van der Waals surface area contributed by atoms with E-state index in [1.807, 2.05) is 37.3 Å². The van der Waals surface area contributed by atoms with Crippen LogP contribution in [0.15, 0.2) is 42.5 Å². The first-order chi connectivity index (χ1) is 13.0. The minimum absolute atomic E-state index is 0.151. The molecule has 27 heavy (non-hydrogen) atoms. The van der Waals surface area contributed by atoms with Crippen LogP contribution in [0.4, 0.5) is 11.4 Å². The molecule has 0 saturated carbocycles. The fourth-order valence-corrected chi connectivity index (χ4v) is 3.40. The van der Waals surface area contributed by atoms with Crippen LogP contribution >= 0.6 is 11.6 Å². The summed E-state index contributed by atoms with van der Waals surface area (Å²) in [5.41, 5.74) is 3.34. The summed E-state index contributed by atoms with van der Waals surface area (Å²) in [6.07, 6.45) is 2.51. The molecule has 0 unspecified atom stereocenters. The van der Waals surface area contributed by atoms with Crippen molar-refractivity contribution in [1.82, 2.24) is 5.32 Å². The van der Waals surface area contributed by atoms with Crippen LogP contribution in [0.5, 0.6) is 0 Å². The normalized spacial score (nSPS) is 13.5. The maximum absolute atomic E-state index is 12.3. The zero-order valence-corrected chi connectivity index (χ0v) is 16.2. The molecule has 6 heteroatoms. The van der Waals surface area contributed by atoms with Crippen molar-refractivity contribution < 1.29 is 9.59 Å². The van der Waals surface area contributed by atoms with Crippen LogP contribution in [0.1, 0.15) is 35.2 Å². The number of halogens is 1. The van der Waals surface area contributed by atoms with E-state index in [0.717, 1.165) is 42.9 Å². The van der Waals surface area contributed by atoms with Gasteiger partial charge < -0.3 is 15.5 Å². The topological polar surface area (TPSA) is 61.4 Å². The van der Waals surface area contributed by atoms with Gasteiger partial charge in [0.1, 0.15) is 0 Å². The summed E-state index contributed by atoms with van der Waals surface area (Å²) in [5, 5.41) is 6.31. The van der Waals surface area contributed by atoms with Crippen LogP contribution in [0.3, 0.4) is 0 Å². The molecule has 0 bridgehead atoms. The molecule has 1 saturated heterocycles. The Morgan fingerprint density at radius 3 is 2.63 bits per heavy atom. The maximum Gasteiger partial charge on any atom is 0.251 e. The van der Waals surface area contributed by atoms with Gasteiger partial charge in [0, 0.05) is 36.6 Å². The maximum atomic E-state index is 12.3. The van der Waals surface area contributed by atoms with Gasteiger partial charge >= 0.3 is 0 Å². The fraction of sp³-hybridized carbons (Fsp3) is 0.333. The number of carbonyl (C=O) groups excluding carboxylic acids is 2. The minimum Gasteiger partial charge on any atom is -0.370 e. The summed E-state index contributed by atoms with van der Waals surface area (Å²) in [6.45, 7) is 4.18. The monoisotopic (exact) mass is 385 g/mol. The number of nitrogens with zero attached hydrogens (tertiary/aromatic N) is 1. The molecule has 0 aliphatic carbocycles. The summed E-state index contributed by atoms with van der Waals surface area (Å²) in [7, 11) is 0. The summed E-state index contributed by atoms with van der Waals surface area (Å²) in [6, 6.07) is 12.9. The van der Waals surface area contributed by atoms with Crippen molar-refractivity contribution in [2.75, 3.05) is 29.9 Å². The van der Waals surface area contributed by atoms with Gasteiger partial charge in [0.05, 0.1) is 11.4 Å². The third-order valence-electron chi connectivity index (χ3n) is 4.60. The Bertz CT molecular complexity index is 832. The number of rotatable bonds is 6. The van der Waals surface area contributed by atoms with Gasteiger partial charge in [0.2, 0.25) is 5.91 Å². The molecule has 2 amide bonds. The van der Waals surface area contributed by atoms with E-state index in [4.69, 9.17) is 11.6 Å². The fourth-order valence-electron chi connectivity index (χ4n) is 3.23. The van der Waals surface area contributed by atoms with E-state index in [-0.39, 0.29) is 24.8 Å². The lowest BCUT2D eigenvalue weighted by molar-refractivity contribution is -0.116. The number of nitrogens with one attached hydrogen (secondary N) is 2. The molecule has 1 heterocycles. The lowest BCUT2D eigenvalue weighted by atomic mass is 10.1. The van der Waals surface area contributed by atoms with Gasteiger partial charge in [-0.15, -0.1) is 0 Å². The van der Waals surface area contributed by atoms with Gasteiger partial charge in [-0.3, -0.25) is 9.59 Å². The zero-order chi connectivity index (χ0) is 19.2. The van der Waals surface area contributed by atoms with Crippen molar-refractivity contribution >= 4 is 34.8 Å². The third kappa shape index (κ3) is 5.23. The van der Waals surface area contributed by atoms with E-state index in [9.17, 15) is 9.59 Å². The molecule has 0 spiro atoms. The standard InChI is InChI=1S/C21H24ClN3O2/c1-15-5-4-6-16(13-15)21(27)23-10-9-20(26)24-18-14-17(22)7-8-19(18)25-11-2-3-12-25/h4-8,13-14H,2-3,9-12H2,1H3,(H,23,27)(H,24,26). The molecule has 1 fully saturated rings. The van der Waals surface area contributed by atoms with Gasteiger partial charge in [-0.05, 0) is 50.1 Å². The summed E-state index contributed by atoms with van der Waals surface area (Å²) < 4.78 is 0. The molecule has 2 N–H and O–H groups in total. The van der Waals surface area contributed by atoms with Crippen LogP contribution in [0, 0.1) is 6.92 Å². The molecule has 0 radical (unpaired) electrons. The lowest BCUT2D eigenvalue weighted by Crippen LogP contribution is -2.28. The van der Waals surface area contributed by atoms with E-state index < -0.39 is 0 Å². The van der Waals surface area contributed by atoms with Crippen LogP contribution in [-0.2, 0) is 4.79 Å². The van der Waals surface area contributed by atoms with Gasteiger partial charge in [-0.2, -0.15) is 0 Å². The Morgan fingerprint density at radius 1 is 1.11 bits per heavy atom. The molecular formula is C21H24ClN3O2. The van der Waals surface area contributed by atoms with E-state index in [1.54, 1.807) is 12.1 Å². The van der Waals surface area contributed by atoms with Crippen LogP contribution < -0.4 is 15.5 Å². The second kappa shape index (κ2) is 8.91. The number of anilines is 2. The number of benzene rings is 2. The Balaban J connectivity index is 1.55. The van der Waals surface area contributed by atoms with Crippen LogP contribution in [-0.4, -0.2) is 31.4 Å². The molecular weight excluding hydrogens is 362 g/mol. The van der Waals surface area contributed by atoms with E-state index in [0.29, 0.717) is 10.6 Å². The van der Waals surface area contributed by atoms with Crippen molar-refractivity contribution in [1.29, 1.82) is 0 Å². The third-order valence-corrected chi connectivity index (χ3v) is 4.83. The molecule has 1 aliphatic heterocycles. The Kier molecular flexibility index (Phi) is 6.35. The van der Waals surface area contributed by atoms with Gasteiger partial charge in [-0.25, -0.2) is 0 Å².